The van der Waals surface area contributed by atoms with Crippen LogP contribution in [-0.2, 0) is 0 Å². The standard InChI is InChI=1S/C17H19NO3/c19-14-9-18-6-2-5-17(18)4-1-3-13(17)11-7-15-16(8-12(11)14)21-10-20-15/h1,3,7-8,13-14,19H,2,4-6,9-10H2/t13-,14+,17+/m1/s1. The highest BCUT2D eigenvalue weighted by molar-refractivity contribution is 5.54. The molecule has 1 spiro atoms. The van der Waals surface area contributed by atoms with Gasteiger partial charge in [0.15, 0.2) is 11.5 Å². The van der Waals surface area contributed by atoms with E-state index in [1.54, 1.807) is 0 Å². The number of fused-ring (bicyclic) bond motifs is 3. The molecule has 5 rings (SSSR count). The van der Waals surface area contributed by atoms with Crippen molar-refractivity contribution in [3.63, 3.8) is 0 Å². The lowest BCUT2D eigenvalue weighted by molar-refractivity contribution is 0.0702. The molecule has 1 fully saturated rings. The molecule has 4 heteroatoms. The van der Waals surface area contributed by atoms with Gasteiger partial charge in [-0.3, -0.25) is 4.90 Å². The van der Waals surface area contributed by atoms with Crippen LogP contribution in [0, 0.1) is 0 Å². The summed E-state index contributed by atoms with van der Waals surface area (Å²) in [5.41, 5.74) is 2.43. The van der Waals surface area contributed by atoms with E-state index in [0.717, 1.165) is 36.6 Å². The molecule has 3 aliphatic heterocycles. The molecule has 3 heterocycles. The molecule has 1 aromatic carbocycles. The van der Waals surface area contributed by atoms with Crippen molar-refractivity contribution in [2.24, 2.45) is 0 Å². The lowest BCUT2D eigenvalue weighted by Gasteiger charge is -2.39. The molecule has 4 aliphatic rings. The number of aliphatic hydroxyl groups is 1. The Morgan fingerprint density at radius 1 is 1.19 bits per heavy atom. The van der Waals surface area contributed by atoms with Crippen molar-refractivity contribution in [2.45, 2.75) is 36.8 Å². The second kappa shape index (κ2) is 4.02. The van der Waals surface area contributed by atoms with Crippen LogP contribution < -0.4 is 9.47 Å². The molecule has 3 atom stereocenters. The zero-order valence-corrected chi connectivity index (χ0v) is 11.9. The van der Waals surface area contributed by atoms with Gasteiger partial charge in [0.05, 0.1) is 6.10 Å². The average Bonchev–Trinajstić information content (AvgIpc) is 3.18. The van der Waals surface area contributed by atoms with Gasteiger partial charge in [0.2, 0.25) is 6.79 Å². The first-order valence-electron chi connectivity index (χ1n) is 7.81. The van der Waals surface area contributed by atoms with Crippen molar-refractivity contribution < 1.29 is 14.6 Å². The summed E-state index contributed by atoms with van der Waals surface area (Å²) in [5.74, 6) is 1.95. The molecule has 1 saturated heterocycles. The number of ether oxygens (including phenoxy) is 2. The highest BCUT2D eigenvalue weighted by Crippen LogP contribution is 2.54. The fraction of sp³-hybridized carbons (Fsp3) is 0.529. The van der Waals surface area contributed by atoms with Gasteiger partial charge in [0.1, 0.15) is 0 Å². The number of benzene rings is 1. The lowest BCUT2D eigenvalue weighted by Crippen LogP contribution is -2.45. The molecule has 110 valence electrons. The summed E-state index contributed by atoms with van der Waals surface area (Å²) >= 11 is 0. The van der Waals surface area contributed by atoms with Crippen molar-refractivity contribution in [3.8, 4) is 11.5 Å². The fourth-order valence-electron chi connectivity index (χ4n) is 4.76. The maximum atomic E-state index is 10.7. The summed E-state index contributed by atoms with van der Waals surface area (Å²) in [5, 5.41) is 10.7. The number of β-amino-alcohol motifs (C(OH)–C–C–N with tert-alkyl or cyclic N) is 1. The van der Waals surface area contributed by atoms with Crippen molar-refractivity contribution in [1.82, 2.24) is 4.90 Å². The Labute approximate surface area is 124 Å². The Hall–Kier alpha value is -1.52. The minimum Gasteiger partial charge on any atom is -0.454 e. The van der Waals surface area contributed by atoms with Gasteiger partial charge in [0, 0.05) is 18.0 Å². The van der Waals surface area contributed by atoms with Crippen molar-refractivity contribution in [3.05, 3.63) is 35.4 Å². The van der Waals surface area contributed by atoms with E-state index in [4.69, 9.17) is 9.47 Å². The predicted octanol–water partition coefficient (Wildman–Crippen LogP) is 2.34. The molecule has 0 amide bonds. The maximum absolute atomic E-state index is 10.7. The van der Waals surface area contributed by atoms with Crippen molar-refractivity contribution in [1.29, 1.82) is 0 Å². The topological polar surface area (TPSA) is 41.9 Å². The quantitative estimate of drug-likeness (QED) is 0.743. The molecular weight excluding hydrogens is 266 g/mol. The van der Waals surface area contributed by atoms with Crippen molar-refractivity contribution >= 4 is 0 Å². The van der Waals surface area contributed by atoms with Crippen LogP contribution in [0.4, 0.5) is 0 Å². The number of aliphatic hydroxyl groups excluding tert-OH is 1. The summed E-state index contributed by atoms with van der Waals surface area (Å²) < 4.78 is 11.0. The largest absolute Gasteiger partial charge is 0.454 e. The third kappa shape index (κ3) is 1.47. The molecule has 21 heavy (non-hydrogen) atoms. The van der Waals surface area contributed by atoms with Crippen LogP contribution in [0.3, 0.4) is 0 Å². The van der Waals surface area contributed by atoms with Crippen LogP contribution in [0.2, 0.25) is 0 Å². The molecule has 1 N–H and O–H groups in total. The fourth-order valence-corrected chi connectivity index (χ4v) is 4.76. The third-order valence-electron chi connectivity index (χ3n) is 5.71. The number of rotatable bonds is 0. The second-order valence-electron chi connectivity index (χ2n) is 6.61. The minimum atomic E-state index is -0.441. The molecule has 0 saturated carbocycles. The Morgan fingerprint density at radius 3 is 2.86 bits per heavy atom. The molecule has 1 aliphatic carbocycles. The number of nitrogens with zero attached hydrogens (tertiary/aromatic N) is 1. The summed E-state index contributed by atoms with van der Waals surface area (Å²) in [7, 11) is 0. The van der Waals surface area contributed by atoms with Crippen LogP contribution in [0.15, 0.2) is 24.3 Å². The van der Waals surface area contributed by atoms with E-state index >= 15 is 0 Å². The van der Waals surface area contributed by atoms with Crippen LogP contribution >= 0.6 is 0 Å². The maximum Gasteiger partial charge on any atom is 0.231 e. The Balaban J connectivity index is 1.73. The number of hydrogen-bond acceptors (Lipinski definition) is 4. The van der Waals surface area contributed by atoms with Gasteiger partial charge in [-0.15, -0.1) is 0 Å². The molecule has 4 nitrogen and oxygen atoms in total. The number of hydrogen-bond donors (Lipinski definition) is 1. The molecule has 0 aromatic heterocycles. The summed E-state index contributed by atoms with van der Waals surface area (Å²) in [6.07, 6.45) is 7.74. The predicted molar refractivity (Wildman–Crippen MR) is 77.6 cm³/mol. The summed E-state index contributed by atoms with van der Waals surface area (Å²) in [4.78, 5) is 2.51. The van der Waals surface area contributed by atoms with Gasteiger partial charge in [-0.05, 0) is 49.1 Å². The SMILES string of the molecule is O[C@H]1CN2CCC[C@]23CC=C[C@@H]3c2cc3c(cc21)OCO3. The highest BCUT2D eigenvalue weighted by atomic mass is 16.7. The normalized spacial score (nSPS) is 36.2. The van der Waals surface area contributed by atoms with Gasteiger partial charge in [-0.2, -0.15) is 0 Å². The highest BCUT2D eigenvalue weighted by Gasteiger charge is 2.51. The van der Waals surface area contributed by atoms with Gasteiger partial charge in [-0.1, -0.05) is 12.2 Å². The van der Waals surface area contributed by atoms with E-state index < -0.39 is 6.10 Å². The molecule has 1 aromatic rings. The molecule has 0 radical (unpaired) electrons. The lowest BCUT2D eigenvalue weighted by atomic mass is 9.78. The van der Waals surface area contributed by atoms with Crippen LogP contribution in [0.25, 0.3) is 0 Å². The van der Waals surface area contributed by atoms with Gasteiger partial charge >= 0.3 is 0 Å². The Kier molecular flexibility index (Phi) is 2.31. The van der Waals surface area contributed by atoms with E-state index in [9.17, 15) is 5.11 Å². The van der Waals surface area contributed by atoms with Crippen molar-refractivity contribution in [2.75, 3.05) is 19.9 Å². The molecular formula is C17H19NO3. The van der Waals surface area contributed by atoms with Gasteiger partial charge in [-0.25, -0.2) is 0 Å². The van der Waals surface area contributed by atoms with E-state index in [0.29, 0.717) is 5.92 Å². The first kappa shape index (κ1) is 12.1. The smallest absolute Gasteiger partial charge is 0.231 e. The first-order valence-corrected chi connectivity index (χ1v) is 7.81. The van der Waals surface area contributed by atoms with Gasteiger partial charge < -0.3 is 14.6 Å². The zero-order chi connectivity index (χ0) is 14.0. The zero-order valence-electron chi connectivity index (χ0n) is 11.9. The van der Waals surface area contributed by atoms with Crippen LogP contribution in [-0.4, -0.2) is 35.4 Å². The molecule has 0 bridgehead atoms. The Morgan fingerprint density at radius 2 is 2.00 bits per heavy atom. The first-order chi connectivity index (χ1) is 10.3. The van der Waals surface area contributed by atoms with E-state index in [1.165, 1.54) is 18.4 Å². The van der Waals surface area contributed by atoms with E-state index in [2.05, 4.69) is 23.1 Å². The summed E-state index contributed by atoms with van der Waals surface area (Å²) in [6, 6.07) is 4.09. The minimum absolute atomic E-state index is 0.180. The van der Waals surface area contributed by atoms with Gasteiger partial charge in [0.25, 0.3) is 0 Å². The van der Waals surface area contributed by atoms with Crippen LogP contribution in [0.1, 0.15) is 42.4 Å². The third-order valence-corrected chi connectivity index (χ3v) is 5.71. The second-order valence-corrected chi connectivity index (χ2v) is 6.61. The van der Waals surface area contributed by atoms with E-state index in [1.807, 2.05) is 6.07 Å². The summed E-state index contributed by atoms with van der Waals surface area (Å²) in [6.45, 7) is 2.10. The average molecular weight is 285 g/mol. The molecule has 0 unspecified atom stereocenters. The van der Waals surface area contributed by atoms with Crippen LogP contribution in [0.5, 0.6) is 11.5 Å². The van der Waals surface area contributed by atoms with E-state index in [-0.39, 0.29) is 12.3 Å². The monoisotopic (exact) mass is 285 g/mol. The Bertz CT molecular complexity index is 641.